The zero-order valence-corrected chi connectivity index (χ0v) is 16.4. The molecule has 0 saturated heterocycles. The molecular formula is C22H25N3O4. The summed E-state index contributed by atoms with van der Waals surface area (Å²) in [6.45, 7) is 1.96. The van der Waals surface area contributed by atoms with E-state index in [1.165, 1.54) is 7.11 Å². The van der Waals surface area contributed by atoms with Gasteiger partial charge in [0.2, 0.25) is 0 Å². The first-order valence-electron chi connectivity index (χ1n) is 9.37. The Bertz CT molecular complexity index is 984. The summed E-state index contributed by atoms with van der Waals surface area (Å²) in [4.78, 5) is 28.1. The molecule has 152 valence electrons. The summed E-state index contributed by atoms with van der Waals surface area (Å²) >= 11 is 0. The van der Waals surface area contributed by atoms with Crippen molar-refractivity contribution in [2.24, 2.45) is 0 Å². The van der Waals surface area contributed by atoms with Crippen LogP contribution in [-0.4, -0.2) is 47.9 Å². The molecular weight excluding hydrogens is 370 g/mol. The number of ether oxygens (including phenoxy) is 1. The van der Waals surface area contributed by atoms with E-state index in [2.05, 4.69) is 15.6 Å². The summed E-state index contributed by atoms with van der Waals surface area (Å²) in [5.41, 5.74) is 3.20. The molecule has 29 heavy (non-hydrogen) atoms. The summed E-state index contributed by atoms with van der Waals surface area (Å²) in [6.07, 6.45) is -1.13. The Morgan fingerprint density at radius 2 is 1.90 bits per heavy atom. The lowest BCUT2D eigenvalue weighted by Crippen LogP contribution is -2.52. The molecule has 0 spiro atoms. The van der Waals surface area contributed by atoms with E-state index in [1.54, 1.807) is 6.07 Å². The Morgan fingerprint density at radius 3 is 2.62 bits per heavy atom. The quantitative estimate of drug-likeness (QED) is 0.437. The maximum atomic E-state index is 12.8. The Labute approximate surface area is 169 Å². The molecule has 2 aromatic carbocycles. The molecule has 2 amide bonds. The van der Waals surface area contributed by atoms with Crippen LogP contribution < -0.4 is 10.6 Å². The number of nitrogens with one attached hydrogen (secondary N) is 3. The van der Waals surface area contributed by atoms with Crippen LogP contribution in [0.2, 0.25) is 0 Å². The minimum absolute atomic E-state index is 0.0245. The Morgan fingerprint density at radius 1 is 1.14 bits per heavy atom. The number of rotatable bonds is 8. The van der Waals surface area contributed by atoms with Crippen LogP contribution in [0, 0.1) is 6.92 Å². The van der Waals surface area contributed by atoms with Crippen molar-refractivity contribution < 1.29 is 19.4 Å². The van der Waals surface area contributed by atoms with Crippen LogP contribution in [0.3, 0.4) is 0 Å². The Kier molecular flexibility index (Phi) is 6.64. The molecule has 0 fully saturated rings. The highest BCUT2D eigenvalue weighted by molar-refractivity contribution is 5.98. The van der Waals surface area contributed by atoms with Crippen LogP contribution in [0.1, 0.15) is 21.6 Å². The van der Waals surface area contributed by atoms with Gasteiger partial charge in [0.25, 0.3) is 11.8 Å². The number of fused-ring (bicyclic) bond motifs is 1. The van der Waals surface area contributed by atoms with Gasteiger partial charge in [-0.2, -0.15) is 0 Å². The van der Waals surface area contributed by atoms with E-state index < -0.39 is 24.0 Å². The number of benzene rings is 2. The third kappa shape index (κ3) is 5.22. The van der Waals surface area contributed by atoms with Gasteiger partial charge in [-0.3, -0.25) is 9.59 Å². The van der Waals surface area contributed by atoms with Crippen LogP contribution in [-0.2, 0) is 16.0 Å². The lowest BCUT2D eigenvalue weighted by Gasteiger charge is -2.23. The van der Waals surface area contributed by atoms with Gasteiger partial charge in [0.15, 0.2) is 6.10 Å². The number of carbonyl (C=O) groups excluding carboxylic acids is 2. The number of aromatic amines is 1. The highest BCUT2D eigenvalue weighted by Crippen LogP contribution is 2.17. The number of carbonyl (C=O) groups is 2. The van der Waals surface area contributed by atoms with Crippen LogP contribution in [0.5, 0.6) is 0 Å². The first-order valence-corrected chi connectivity index (χ1v) is 9.37. The highest BCUT2D eigenvalue weighted by Gasteiger charge is 2.28. The molecule has 0 radical (unpaired) electrons. The van der Waals surface area contributed by atoms with Gasteiger partial charge in [0.1, 0.15) is 12.4 Å². The monoisotopic (exact) mass is 395 g/mol. The number of aryl methyl sites for hydroxylation is 1. The lowest BCUT2D eigenvalue weighted by atomic mass is 10.0. The molecule has 0 saturated carbocycles. The zero-order chi connectivity index (χ0) is 20.8. The summed E-state index contributed by atoms with van der Waals surface area (Å²) in [6, 6.07) is 16.2. The average Bonchev–Trinajstić information content (AvgIpc) is 3.15. The maximum absolute atomic E-state index is 12.8. The van der Waals surface area contributed by atoms with E-state index in [4.69, 9.17) is 4.74 Å². The summed E-state index contributed by atoms with van der Waals surface area (Å²) in [5.74, 6) is -1.00. The zero-order valence-electron chi connectivity index (χ0n) is 16.4. The molecule has 7 heteroatoms. The van der Waals surface area contributed by atoms with E-state index in [9.17, 15) is 14.7 Å². The first-order chi connectivity index (χ1) is 14.0. The topological polar surface area (TPSA) is 103 Å². The molecule has 3 aromatic rings. The molecule has 0 unspecified atom stereocenters. The standard InChI is InChI=1S/C22H25N3O4/c1-14-8-9-17-16(10-14)12-19(24-17)21(27)25-18(11-15-6-4-3-5-7-15)20(26)22(28)23-13-29-2/h3-10,12,18,20,24,26H,11,13H2,1-2H3,(H,23,28)(H,25,27)/t18-,20+/m0/s1. The van der Waals surface area contributed by atoms with E-state index in [0.717, 1.165) is 22.0 Å². The summed E-state index contributed by atoms with van der Waals surface area (Å²) in [7, 11) is 1.44. The molecule has 0 bridgehead atoms. The van der Waals surface area contributed by atoms with E-state index >= 15 is 0 Å². The predicted molar refractivity (Wildman–Crippen MR) is 110 cm³/mol. The number of aliphatic hydroxyl groups excluding tert-OH is 1. The van der Waals surface area contributed by atoms with Crippen LogP contribution in [0.4, 0.5) is 0 Å². The van der Waals surface area contributed by atoms with Crippen molar-refractivity contribution in [1.29, 1.82) is 0 Å². The van der Waals surface area contributed by atoms with Crippen molar-refractivity contribution in [2.45, 2.75) is 25.5 Å². The van der Waals surface area contributed by atoms with Crippen molar-refractivity contribution in [2.75, 3.05) is 13.8 Å². The fourth-order valence-electron chi connectivity index (χ4n) is 3.16. The van der Waals surface area contributed by atoms with Gasteiger partial charge in [-0.05, 0) is 37.1 Å². The van der Waals surface area contributed by atoms with Crippen molar-refractivity contribution in [3.05, 3.63) is 71.4 Å². The molecule has 1 heterocycles. The van der Waals surface area contributed by atoms with Crippen molar-refractivity contribution >= 4 is 22.7 Å². The van der Waals surface area contributed by atoms with Crippen molar-refractivity contribution in [1.82, 2.24) is 15.6 Å². The number of hydrogen-bond acceptors (Lipinski definition) is 4. The first kappa shape index (κ1) is 20.6. The smallest absolute Gasteiger partial charge is 0.268 e. The minimum atomic E-state index is -1.43. The van der Waals surface area contributed by atoms with Gasteiger partial charge in [0, 0.05) is 18.0 Å². The van der Waals surface area contributed by atoms with E-state index in [0.29, 0.717) is 12.1 Å². The van der Waals surface area contributed by atoms with Gasteiger partial charge in [-0.15, -0.1) is 0 Å². The highest BCUT2D eigenvalue weighted by atomic mass is 16.5. The number of hydrogen-bond donors (Lipinski definition) is 4. The van der Waals surface area contributed by atoms with Crippen LogP contribution in [0.15, 0.2) is 54.6 Å². The second-order valence-corrected chi connectivity index (χ2v) is 6.96. The summed E-state index contributed by atoms with van der Waals surface area (Å²) in [5, 5.41) is 16.7. The Hall–Kier alpha value is -3.16. The van der Waals surface area contributed by atoms with Gasteiger partial charge in [-0.25, -0.2) is 0 Å². The molecule has 0 aliphatic heterocycles. The SMILES string of the molecule is COCNC(=O)[C@H](O)[C@H](Cc1ccccc1)NC(=O)c1cc2cc(C)ccc2[nH]1. The molecule has 2 atom stereocenters. The van der Waals surface area contributed by atoms with E-state index in [-0.39, 0.29) is 6.73 Å². The minimum Gasteiger partial charge on any atom is -0.381 e. The van der Waals surface area contributed by atoms with Crippen LogP contribution >= 0.6 is 0 Å². The fraction of sp³-hybridized carbons (Fsp3) is 0.273. The number of H-pyrrole nitrogens is 1. The molecule has 4 N–H and O–H groups in total. The maximum Gasteiger partial charge on any atom is 0.268 e. The summed E-state index contributed by atoms with van der Waals surface area (Å²) < 4.78 is 4.82. The molecule has 1 aromatic heterocycles. The normalized spacial score (nSPS) is 13.1. The molecule has 3 rings (SSSR count). The third-order valence-electron chi connectivity index (χ3n) is 4.68. The van der Waals surface area contributed by atoms with Gasteiger partial charge < -0.3 is 25.5 Å². The molecule has 0 aliphatic rings. The molecule has 0 aliphatic carbocycles. The number of aliphatic hydroxyl groups is 1. The van der Waals surface area contributed by atoms with Crippen LogP contribution in [0.25, 0.3) is 10.9 Å². The lowest BCUT2D eigenvalue weighted by molar-refractivity contribution is -0.132. The Balaban J connectivity index is 1.80. The van der Waals surface area contributed by atoms with Gasteiger partial charge in [-0.1, -0.05) is 42.0 Å². The second kappa shape index (κ2) is 9.36. The third-order valence-corrected chi connectivity index (χ3v) is 4.68. The largest absolute Gasteiger partial charge is 0.381 e. The van der Waals surface area contributed by atoms with Gasteiger partial charge in [0.05, 0.1) is 6.04 Å². The number of methoxy groups -OCH3 is 1. The predicted octanol–water partition coefficient (Wildman–Crippen LogP) is 1.90. The number of amides is 2. The van der Waals surface area contributed by atoms with Crippen molar-refractivity contribution in [3.63, 3.8) is 0 Å². The number of aromatic nitrogens is 1. The van der Waals surface area contributed by atoms with Crippen molar-refractivity contribution in [3.8, 4) is 0 Å². The second-order valence-electron chi connectivity index (χ2n) is 6.96. The van der Waals surface area contributed by atoms with E-state index in [1.807, 2.05) is 55.5 Å². The average molecular weight is 395 g/mol. The molecule has 7 nitrogen and oxygen atoms in total. The van der Waals surface area contributed by atoms with Gasteiger partial charge >= 0.3 is 0 Å². The fourth-order valence-corrected chi connectivity index (χ4v) is 3.16.